The molecule has 5 heteroatoms. The maximum absolute atomic E-state index is 4.28. The molecule has 0 fully saturated rings. The molecular weight excluding hydrogens is 298 g/mol. The van der Waals surface area contributed by atoms with E-state index in [1.807, 2.05) is 85.8 Å². The number of azo groups is 1. The van der Waals surface area contributed by atoms with Crippen molar-refractivity contribution >= 4 is 22.7 Å². The van der Waals surface area contributed by atoms with E-state index in [1.165, 1.54) is 0 Å². The molecule has 0 spiro atoms. The highest BCUT2D eigenvalue weighted by molar-refractivity contribution is 5.64. The maximum atomic E-state index is 4.28. The number of aryl methyl sites for hydroxylation is 1. The van der Waals surface area contributed by atoms with Gasteiger partial charge in [-0.1, -0.05) is 53.8 Å². The first-order valence-electron chi connectivity index (χ1n) is 7.61. The second-order valence-corrected chi connectivity index (χ2v) is 5.15. The standard InChI is InChI=1S/C19H17N5/c1-15-9-5-6-12-17(15)22-24-23-19-14-8-7-13-18(19)21-20-16-10-3-2-4-11-16/h2-14H,1H3,(H,22,23). The minimum Gasteiger partial charge on any atom is -0.258 e. The van der Waals surface area contributed by atoms with E-state index in [2.05, 4.69) is 26.0 Å². The maximum Gasteiger partial charge on any atom is 0.111 e. The minimum atomic E-state index is 0.699. The van der Waals surface area contributed by atoms with Gasteiger partial charge in [0, 0.05) is 0 Å². The third kappa shape index (κ3) is 4.10. The van der Waals surface area contributed by atoms with Gasteiger partial charge in [-0.2, -0.15) is 5.11 Å². The van der Waals surface area contributed by atoms with Gasteiger partial charge in [-0.15, -0.1) is 10.2 Å². The molecule has 0 aliphatic heterocycles. The number of nitrogens with zero attached hydrogens (tertiary/aromatic N) is 4. The fourth-order valence-electron chi connectivity index (χ4n) is 2.07. The van der Waals surface area contributed by atoms with Crippen molar-refractivity contribution in [2.24, 2.45) is 20.6 Å². The Morgan fingerprint density at radius 1 is 0.625 bits per heavy atom. The molecule has 0 radical (unpaired) electrons. The Morgan fingerprint density at radius 3 is 2.08 bits per heavy atom. The van der Waals surface area contributed by atoms with E-state index in [0.29, 0.717) is 5.69 Å². The number of para-hydroxylation sites is 1. The van der Waals surface area contributed by atoms with Crippen LogP contribution in [0.15, 0.2) is 99.4 Å². The largest absolute Gasteiger partial charge is 0.258 e. The summed E-state index contributed by atoms with van der Waals surface area (Å²) in [6, 6.07) is 25.0. The van der Waals surface area contributed by atoms with Crippen LogP contribution in [0, 0.1) is 6.92 Å². The van der Waals surface area contributed by atoms with Gasteiger partial charge in [-0.3, -0.25) is 5.43 Å². The molecule has 1 N–H and O–H groups in total. The summed E-state index contributed by atoms with van der Waals surface area (Å²) < 4.78 is 0. The summed E-state index contributed by atoms with van der Waals surface area (Å²) in [5.74, 6) is 0. The Balaban J connectivity index is 1.75. The predicted octanol–water partition coefficient (Wildman–Crippen LogP) is 6.52. The summed E-state index contributed by atoms with van der Waals surface area (Å²) in [6.07, 6.45) is 0. The molecule has 0 aromatic heterocycles. The quantitative estimate of drug-likeness (QED) is 0.422. The third-order valence-electron chi connectivity index (χ3n) is 3.38. The van der Waals surface area contributed by atoms with E-state index in [1.54, 1.807) is 0 Å². The van der Waals surface area contributed by atoms with Crippen molar-refractivity contribution in [3.63, 3.8) is 0 Å². The van der Waals surface area contributed by atoms with Crippen molar-refractivity contribution in [2.75, 3.05) is 5.43 Å². The molecular formula is C19H17N5. The molecule has 3 aromatic carbocycles. The predicted molar refractivity (Wildman–Crippen MR) is 96.4 cm³/mol. The van der Waals surface area contributed by atoms with Gasteiger partial charge >= 0.3 is 0 Å². The van der Waals surface area contributed by atoms with Gasteiger partial charge in [0.2, 0.25) is 0 Å². The molecule has 0 amide bonds. The van der Waals surface area contributed by atoms with Crippen LogP contribution in [-0.4, -0.2) is 0 Å². The SMILES string of the molecule is Cc1ccccc1N=NNc1ccccc1N=Nc1ccccc1. The van der Waals surface area contributed by atoms with Crippen LogP contribution in [0.5, 0.6) is 0 Å². The van der Waals surface area contributed by atoms with Crippen LogP contribution in [0.25, 0.3) is 0 Å². The van der Waals surface area contributed by atoms with E-state index in [-0.39, 0.29) is 0 Å². The average Bonchev–Trinajstić information content (AvgIpc) is 2.63. The lowest BCUT2D eigenvalue weighted by atomic mass is 10.2. The second kappa shape index (κ2) is 7.78. The Hall–Kier alpha value is -3.34. The number of rotatable bonds is 5. The summed E-state index contributed by atoms with van der Waals surface area (Å²) in [7, 11) is 0. The van der Waals surface area contributed by atoms with E-state index < -0.39 is 0 Å². The van der Waals surface area contributed by atoms with Crippen molar-refractivity contribution < 1.29 is 0 Å². The molecule has 3 rings (SSSR count). The monoisotopic (exact) mass is 315 g/mol. The lowest BCUT2D eigenvalue weighted by molar-refractivity contribution is 1.11. The summed E-state index contributed by atoms with van der Waals surface area (Å²) in [6.45, 7) is 2.00. The smallest absolute Gasteiger partial charge is 0.111 e. The van der Waals surface area contributed by atoms with Gasteiger partial charge in [-0.05, 0) is 42.8 Å². The lowest BCUT2D eigenvalue weighted by Crippen LogP contribution is -1.86. The minimum absolute atomic E-state index is 0.699. The van der Waals surface area contributed by atoms with Crippen LogP contribution in [0.1, 0.15) is 5.56 Å². The van der Waals surface area contributed by atoms with Crippen LogP contribution in [0.3, 0.4) is 0 Å². The zero-order valence-corrected chi connectivity index (χ0v) is 13.3. The molecule has 0 saturated carbocycles. The summed E-state index contributed by atoms with van der Waals surface area (Å²) >= 11 is 0. The van der Waals surface area contributed by atoms with Gasteiger partial charge in [0.1, 0.15) is 5.69 Å². The number of hydrogen-bond acceptors (Lipinski definition) is 4. The Morgan fingerprint density at radius 2 is 1.29 bits per heavy atom. The number of nitrogens with one attached hydrogen (secondary N) is 1. The van der Waals surface area contributed by atoms with Crippen LogP contribution in [0.4, 0.5) is 22.7 Å². The topological polar surface area (TPSA) is 61.5 Å². The van der Waals surface area contributed by atoms with Crippen LogP contribution in [-0.2, 0) is 0 Å². The third-order valence-corrected chi connectivity index (χ3v) is 3.38. The summed E-state index contributed by atoms with van der Waals surface area (Å²) in [4.78, 5) is 0. The molecule has 0 bridgehead atoms. The van der Waals surface area contributed by atoms with Gasteiger partial charge in [0.05, 0.1) is 17.1 Å². The summed E-state index contributed by atoms with van der Waals surface area (Å²) in [5.41, 5.74) is 7.07. The van der Waals surface area contributed by atoms with Crippen molar-refractivity contribution in [2.45, 2.75) is 6.92 Å². The van der Waals surface area contributed by atoms with Crippen molar-refractivity contribution in [3.8, 4) is 0 Å². The van der Waals surface area contributed by atoms with E-state index >= 15 is 0 Å². The molecule has 5 nitrogen and oxygen atoms in total. The fraction of sp³-hybridized carbons (Fsp3) is 0.0526. The lowest BCUT2D eigenvalue weighted by Gasteiger charge is -2.03. The average molecular weight is 315 g/mol. The molecule has 0 unspecified atom stereocenters. The second-order valence-electron chi connectivity index (χ2n) is 5.15. The zero-order chi connectivity index (χ0) is 16.6. The molecule has 118 valence electrons. The van der Waals surface area contributed by atoms with E-state index in [0.717, 1.165) is 22.6 Å². The van der Waals surface area contributed by atoms with Gasteiger partial charge < -0.3 is 0 Å². The van der Waals surface area contributed by atoms with Crippen molar-refractivity contribution in [3.05, 3.63) is 84.4 Å². The van der Waals surface area contributed by atoms with Gasteiger partial charge in [-0.25, -0.2) is 0 Å². The molecule has 0 aliphatic carbocycles. The van der Waals surface area contributed by atoms with Gasteiger partial charge in [0.15, 0.2) is 0 Å². The molecule has 3 aromatic rings. The van der Waals surface area contributed by atoms with Crippen LogP contribution < -0.4 is 5.43 Å². The number of benzene rings is 3. The molecule has 0 saturated heterocycles. The molecule has 24 heavy (non-hydrogen) atoms. The van der Waals surface area contributed by atoms with E-state index in [9.17, 15) is 0 Å². The molecule has 0 atom stereocenters. The highest BCUT2D eigenvalue weighted by Crippen LogP contribution is 2.27. The van der Waals surface area contributed by atoms with Gasteiger partial charge in [0.25, 0.3) is 0 Å². The fourth-order valence-corrected chi connectivity index (χ4v) is 2.07. The highest BCUT2D eigenvalue weighted by atomic mass is 15.4. The number of anilines is 1. The molecule has 0 heterocycles. The van der Waals surface area contributed by atoms with Crippen LogP contribution in [0.2, 0.25) is 0 Å². The van der Waals surface area contributed by atoms with Crippen LogP contribution >= 0.6 is 0 Å². The highest BCUT2D eigenvalue weighted by Gasteiger charge is 2.00. The van der Waals surface area contributed by atoms with E-state index in [4.69, 9.17) is 0 Å². The Kier molecular flexibility index (Phi) is 5.04. The number of hydrogen-bond donors (Lipinski definition) is 1. The molecule has 0 aliphatic rings. The Labute approximate surface area is 140 Å². The summed E-state index contributed by atoms with van der Waals surface area (Å²) in [5, 5.41) is 16.8. The van der Waals surface area contributed by atoms with Crippen molar-refractivity contribution in [1.82, 2.24) is 0 Å². The normalized spacial score (nSPS) is 11.2. The zero-order valence-electron chi connectivity index (χ0n) is 13.3. The van der Waals surface area contributed by atoms with Crippen molar-refractivity contribution in [1.29, 1.82) is 0 Å². The first-order valence-corrected chi connectivity index (χ1v) is 7.61. The first-order chi connectivity index (χ1) is 11.8. The Bertz CT molecular complexity index is 856. The first kappa shape index (κ1) is 15.6.